The van der Waals surface area contributed by atoms with E-state index in [0.29, 0.717) is 11.8 Å². The van der Waals surface area contributed by atoms with Crippen LogP contribution in [0.5, 0.6) is 0 Å². The van der Waals surface area contributed by atoms with E-state index >= 15 is 0 Å². The lowest BCUT2D eigenvalue weighted by atomic mass is 10.1. The first-order chi connectivity index (χ1) is 8.97. The van der Waals surface area contributed by atoms with E-state index < -0.39 is 0 Å². The minimum absolute atomic E-state index is 0.466. The molecule has 0 fully saturated rings. The summed E-state index contributed by atoms with van der Waals surface area (Å²) in [5, 5.41) is 3.23. The highest BCUT2D eigenvalue weighted by molar-refractivity contribution is 5.43. The molecular weight excluding hydrogens is 234 g/mol. The van der Waals surface area contributed by atoms with E-state index in [4.69, 9.17) is 4.98 Å². The van der Waals surface area contributed by atoms with Crippen molar-refractivity contribution >= 4 is 5.82 Å². The van der Waals surface area contributed by atoms with Crippen molar-refractivity contribution in [2.75, 3.05) is 25.0 Å². The molecule has 0 saturated carbocycles. The van der Waals surface area contributed by atoms with E-state index in [0.717, 1.165) is 25.5 Å². The van der Waals surface area contributed by atoms with E-state index in [1.807, 2.05) is 7.05 Å². The molecule has 0 atom stereocenters. The van der Waals surface area contributed by atoms with Gasteiger partial charge in [0, 0.05) is 25.3 Å². The molecular formula is C16H29N3. The molecule has 1 rings (SSSR count). The van der Waals surface area contributed by atoms with Gasteiger partial charge in [0.2, 0.25) is 0 Å². The predicted molar refractivity (Wildman–Crippen MR) is 83.8 cm³/mol. The average molecular weight is 263 g/mol. The Morgan fingerprint density at radius 1 is 1.21 bits per heavy atom. The smallest absolute Gasteiger partial charge is 0.129 e. The summed E-state index contributed by atoms with van der Waals surface area (Å²) in [6, 6.07) is 4.43. The first-order valence-corrected chi connectivity index (χ1v) is 7.38. The minimum atomic E-state index is 0.466. The van der Waals surface area contributed by atoms with Crippen molar-refractivity contribution in [1.82, 2.24) is 10.3 Å². The Balaban J connectivity index is 3.09. The molecule has 3 heteroatoms. The monoisotopic (exact) mass is 263 g/mol. The molecule has 3 nitrogen and oxygen atoms in total. The van der Waals surface area contributed by atoms with Gasteiger partial charge in [0.15, 0.2) is 0 Å². The molecule has 0 radical (unpaired) electrons. The fraction of sp³-hybridized carbons (Fsp3) is 0.688. The number of hydrogen-bond acceptors (Lipinski definition) is 3. The SMILES string of the molecule is CCN(CC(C)C)c1cc(CNC)cc(C(C)C)n1. The van der Waals surface area contributed by atoms with Crippen LogP contribution in [0.4, 0.5) is 5.82 Å². The second-order valence-electron chi connectivity index (χ2n) is 5.88. The summed E-state index contributed by atoms with van der Waals surface area (Å²) < 4.78 is 0. The number of hydrogen-bond donors (Lipinski definition) is 1. The first-order valence-electron chi connectivity index (χ1n) is 7.38. The van der Waals surface area contributed by atoms with Gasteiger partial charge in [-0.3, -0.25) is 0 Å². The molecule has 1 aromatic rings. The number of pyridine rings is 1. The van der Waals surface area contributed by atoms with Crippen LogP contribution < -0.4 is 10.2 Å². The highest BCUT2D eigenvalue weighted by Gasteiger charge is 2.12. The third-order valence-corrected chi connectivity index (χ3v) is 3.16. The average Bonchev–Trinajstić information content (AvgIpc) is 2.35. The quantitative estimate of drug-likeness (QED) is 0.817. The highest BCUT2D eigenvalue weighted by atomic mass is 15.2. The normalized spacial score (nSPS) is 11.4. The van der Waals surface area contributed by atoms with Gasteiger partial charge in [-0.25, -0.2) is 4.98 Å². The summed E-state index contributed by atoms with van der Waals surface area (Å²) in [4.78, 5) is 7.21. The molecule has 0 aromatic carbocycles. The number of nitrogens with one attached hydrogen (secondary N) is 1. The predicted octanol–water partition coefficient (Wildman–Crippen LogP) is 3.41. The zero-order valence-corrected chi connectivity index (χ0v) is 13.3. The fourth-order valence-corrected chi connectivity index (χ4v) is 2.18. The van der Waals surface area contributed by atoms with Crippen LogP contribution in [0.2, 0.25) is 0 Å². The van der Waals surface area contributed by atoms with Gasteiger partial charge >= 0.3 is 0 Å². The summed E-state index contributed by atoms with van der Waals surface area (Å²) in [5.41, 5.74) is 2.50. The van der Waals surface area contributed by atoms with Crippen molar-refractivity contribution in [2.45, 2.75) is 47.1 Å². The van der Waals surface area contributed by atoms with Gasteiger partial charge in [-0.15, -0.1) is 0 Å². The zero-order valence-electron chi connectivity index (χ0n) is 13.3. The van der Waals surface area contributed by atoms with Crippen molar-refractivity contribution in [3.05, 3.63) is 23.4 Å². The van der Waals surface area contributed by atoms with Gasteiger partial charge in [-0.05, 0) is 43.5 Å². The van der Waals surface area contributed by atoms with Crippen molar-refractivity contribution in [3.63, 3.8) is 0 Å². The molecule has 0 bridgehead atoms. The topological polar surface area (TPSA) is 28.2 Å². The first kappa shape index (κ1) is 16.0. The van der Waals surface area contributed by atoms with Crippen LogP contribution in [0, 0.1) is 5.92 Å². The molecule has 108 valence electrons. The Labute approximate surface area is 118 Å². The minimum Gasteiger partial charge on any atom is -0.357 e. The Morgan fingerprint density at radius 3 is 2.37 bits per heavy atom. The Kier molecular flexibility index (Phi) is 6.29. The summed E-state index contributed by atoms with van der Waals surface area (Å²) >= 11 is 0. The van der Waals surface area contributed by atoms with Crippen molar-refractivity contribution in [1.29, 1.82) is 0 Å². The molecule has 0 saturated heterocycles. The number of anilines is 1. The van der Waals surface area contributed by atoms with E-state index in [1.165, 1.54) is 11.3 Å². The summed E-state index contributed by atoms with van der Waals surface area (Å²) in [6.45, 7) is 14.1. The summed E-state index contributed by atoms with van der Waals surface area (Å²) in [5.74, 6) is 2.23. The molecule has 0 unspecified atom stereocenters. The molecule has 19 heavy (non-hydrogen) atoms. The summed E-state index contributed by atoms with van der Waals surface area (Å²) in [7, 11) is 1.99. The Bertz CT molecular complexity index is 386. The summed E-state index contributed by atoms with van der Waals surface area (Å²) in [6.07, 6.45) is 0. The fourth-order valence-electron chi connectivity index (χ4n) is 2.18. The van der Waals surface area contributed by atoms with Crippen LogP contribution in [-0.2, 0) is 6.54 Å². The van der Waals surface area contributed by atoms with E-state index in [9.17, 15) is 0 Å². The third kappa shape index (κ3) is 4.83. The van der Waals surface area contributed by atoms with Gasteiger partial charge in [0.1, 0.15) is 5.82 Å². The lowest BCUT2D eigenvalue weighted by Crippen LogP contribution is -2.28. The van der Waals surface area contributed by atoms with Crippen LogP contribution in [0.1, 0.15) is 51.8 Å². The lowest BCUT2D eigenvalue weighted by molar-refractivity contribution is 0.612. The number of aromatic nitrogens is 1. The maximum atomic E-state index is 4.84. The van der Waals surface area contributed by atoms with Gasteiger partial charge in [-0.2, -0.15) is 0 Å². The maximum Gasteiger partial charge on any atom is 0.129 e. The second-order valence-corrected chi connectivity index (χ2v) is 5.88. The molecule has 0 spiro atoms. The lowest BCUT2D eigenvalue weighted by Gasteiger charge is -2.25. The van der Waals surface area contributed by atoms with Crippen LogP contribution in [-0.4, -0.2) is 25.1 Å². The van der Waals surface area contributed by atoms with Crippen molar-refractivity contribution in [3.8, 4) is 0 Å². The molecule has 0 aliphatic heterocycles. The van der Waals surface area contributed by atoms with Crippen LogP contribution in [0.25, 0.3) is 0 Å². The van der Waals surface area contributed by atoms with Gasteiger partial charge < -0.3 is 10.2 Å². The third-order valence-electron chi connectivity index (χ3n) is 3.16. The Hall–Kier alpha value is -1.09. The molecule has 1 heterocycles. The zero-order chi connectivity index (χ0) is 14.4. The Morgan fingerprint density at radius 2 is 1.89 bits per heavy atom. The van der Waals surface area contributed by atoms with Crippen LogP contribution >= 0.6 is 0 Å². The van der Waals surface area contributed by atoms with Crippen molar-refractivity contribution < 1.29 is 0 Å². The number of rotatable bonds is 7. The largest absolute Gasteiger partial charge is 0.357 e. The van der Waals surface area contributed by atoms with Gasteiger partial charge in [0.25, 0.3) is 0 Å². The maximum absolute atomic E-state index is 4.84. The molecule has 1 N–H and O–H groups in total. The van der Waals surface area contributed by atoms with Crippen LogP contribution in [0.3, 0.4) is 0 Å². The number of nitrogens with zero attached hydrogens (tertiary/aromatic N) is 2. The highest BCUT2D eigenvalue weighted by Crippen LogP contribution is 2.21. The standard InChI is InChI=1S/C16H29N3/c1-7-19(11-12(2)3)16-9-14(10-17-6)8-15(18-16)13(4)5/h8-9,12-13,17H,7,10-11H2,1-6H3. The molecule has 1 aromatic heterocycles. The molecule has 0 aliphatic rings. The van der Waals surface area contributed by atoms with Gasteiger partial charge in [0.05, 0.1) is 0 Å². The van der Waals surface area contributed by atoms with E-state index in [2.05, 4.69) is 57.0 Å². The van der Waals surface area contributed by atoms with E-state index in [-0.39, 0.29) is 0 Å². The second kappa shape index (κ2) is 7.49. The molecule has 0 amide bonds. The van der Waals surface area contributed by atoms with Crippen molar-refractivity contribution in [2.24, 2.45) is 5.92 Å². The molecule has 0 aliphatic carbocycles. The van der Waals surface area contributed by atoms with E-state index in [1.54, 1.807) is 0 Å². The van der Waals surface area contributed by atoms with Crippen LogP contribution in [0.15, 0.2) is 12.1 Å². The van der Waals surface area contributed by atoms with Gasteiger partial charge in [-0.1, -0.05) is 27.7 Å².